The van der Waals surface area contributed by atoms with Crippen molar-refractivity contribution < 1.29 is 0 Å². The van der Waals surface area contributed by atoms with E-state index in [2.05, 4.69) is 59.7 Å². The minimum absolute atomic E-state index is 0.153. The van der Waals surface area contributed by atoms with Crippen LogP contribution in [0.2, 0.25) is 0 Å². The second-order valence-corrected chi connectivity index (χ2v) is 7.16. The van der Waals surface area contributed by atoms with E-state index in [1.807, 2.05) is 0 Å². The lowest BCUT2D eigenvalue weighted by atomic mass is 10.1. The lowest BCUT2D eigenvalue weighted by Gasteiger charge is -2.20. The molecule has 0 atom stereocenters. The first kappa shape index (κ1) is 13.5. The van der Waals surface area contributed by atoms with Crippen LogP contribution in [0.1, 0.15) is 26.3 Å². The lowest BCUT2D eigenvalue weighted by Crippen LogP contribution is -2.35. The van der Waals surface area contributed by atoms with E-state index in [9.17, 15) is 0 Å². The predicted molar refractivity (Wildman–Crippen MR) is 77.1 cm³/mol. The summed E-state index contributed by atoms with van der Waals surface area (Å²) < 4.78 is 4.97. The number of nitrogens with one attached hydrogen (secondary N) is 1. The molecule has 0 fully saturated rings. The number of nitrogens with zero attached hydrogens (tertiary/aromatic N) is 2. The van der Waals surface area contributed by atoms with Crippen LogP contribution >= 0.6 is 23.3 Å². The molecule has 0 aliphatic heterocycles. The first-order valence-electron chi connectivity index (χ1n) is 5.81. The summed E-state index contributed by atoms with van der Waals surface area (Å²) in [6.07, 6.45) is 1.59. The Morgan fingerprint density at radius 3 is 2.50 bits per heavy atom. The lowest BCUT2D eigenvalue weighted by molar-refractivity contribution is 0.424. The molecule has 0 bridgehead atoms. The largest absolute Gasteiger partial charge is 0.308 e. The van der Waals surface area contributed by atoms with E-state index in [1.54, 1.807) is 18.1 Å². The highest BCUT2D eigenvalue weighted by molar-refractivity contribution is 8.01. The van der Waals surface area contributed by atoms with E-state index in [4.69, 9.17) is 0 Å². The van der Waals surface area contributed by atoms with Crippen LogP contribution in [0.3, 0.4) is 0 Å². The van der Waals surface area contributed by atoms with Crippen molar-refractivity contribution in [1.82, 2.24) is 14.7 Å². The van der Waals surface area contributed by atoms with Gasteiger partial charge in [0.15, 0.2) is 4.34 Å². The Morgan fingerprint density at radius 1 is 1.22 bits per heavy atom. The van der Waals surface area contributed by atoms with Crippen molar-refractivity contribution in [2.45, 2.75) is 42.1 Å². The van der Waals surface area contributed by atoms with Crippen LogP contribution in [0.4, 0.5) is 0 Å². The Labute approximate surface area is 116 Å². The molecular weight excluding hydrogens is 262 g/mol. The van der Waals surface area contributed by atoms with Gasteiger partial charge >= 0.3 is 0 Å². The molecule has 1 aromatic heterocycles. The monoisotopic (exact) mass is 279 g/mol. The van der Waals surface area contributed by atoms with Gasteiger partial charge in [0.2, 0.25) is 0 Å². The van der Waals surface area contributed by atoms with Crippen molar-refractivity contribution in [2.24, 2.45) is 0 Å². The molecule has 5 heteroatoms. The highest BCUT2D eigenvalue weighted by Gasteiger charge is 2.08. The quantitative estimate of drug-likeness (QED) is 0.928. The number of hydrogen-bond donors (Lipinski definition) is 1. The summed E-state index contributed by atoms with van der Waals surface area (Å²) in [6, 6.07) is 8.57. The molecule has 1 heterocycles. The molecule has 1 aromatic carbocycles. The molecule has 0 radical (unpaired) electrons. The van der Waals surface area contributed by atoms with E-state index in [1.165, 1.54) is 22.0 Å². The van der Waals surface area contributed by atoms with E-state index in [0.29, 0.717) is 0 Å². The summed E-state index contributed by atoms with van der Waals surface area (Å²) in [5.41, 5.74) is 1.45. The van der Waals surface area contributed by atoms with Gasteiger partial charge in [0, 0.05) is 17.0 Å². The average Bonchev–Trinajstić information content (AvgIpc) is 2.80. The molecule has 0 unspecified atom stereocenters. The Hall–Kier alpha value is -0.910. The molecule has 0 saturated carbocycles. The maximum absolute atomic E-state index is 4.16. The number of rotatable bonds is 4. The second kappa shape index (κ2) is 5.82. The van der Waals surface area contributed by atoms with Crippen LogP contribution in [-0.4, -0.2) is 14.9 Å². The van der Waals surface area contributed by atoms with Crippen molar-refractivity contribution in [3.05, 3.63) is 36.2 Å². The molecule has 3 nitrogen and oxygen atoms in total. The third-order valence-electron chi connectivity index (χ3n) is 2.29. The zero-order valence-electron chi connectivity index (χ0n) is 10.8. The zero-order chi connectivity index (χ0) is 13.0. The van der Waals surface area contributed by atoms with Crippen LogP contribution < -0.4 is 5.32 Å². The molecule has 1 N–H and O–H groups in total. The first-order chi connectivity index (χ1) is 8.53. The van der Waals surface area contributed by atoms with Gasteiger partial charge in [0.05, 0.1) is 0 Å². The Morgan fingerprint density at radius 2 is 1.94 bits per heavy atom. The number of benzene rings is 1. The summed E-state index contributed by atoms with van der Waals surface area (Å²) in [7, 11) is 0. The molecule has 0 aliphatic rings. The highest BCUT2D eigenvalue weighted by atomic mass is 32.2. The normalized spacial score (nSPS) is 11.7. The van der Waals surface area contributed by atoms with Crippen molar-refractivity contribution in [2.75, 3.05) is 0 Å². The molecule has 2 rings (SSSR count). The zero-order valence-corrected chi connectivity index (χ0v) is 12.4. The van der Waals surface area contributed by atoms with Gasteiger partial charge in [-0.25, -0.2) is 4.98 Å². The van der Waals surface area contributed by atoms with Gasteiger partial charge < -0.3 is 5.32 Å². The Balaban J connectivity index is 1.93. The third kappa shape index (κ3) is 4.40. The van der Waals surface area contributed by atoms with Gasteiger partial charge in [0.1, 0.15) is 6.33 Å². The molecule has 96 valence electrons. The smallest absolute Gasteiger partial charge is 0.174 e. The molecule has 0 amide bonds. The van der Waals surface area contributed by atoms with Crippen LogP contribution in [0.15, 0.2) is 39.8 Å². The maximum Gasteiger partial charge on any atom is 0.174 e. The molecule has 18 heavy (non-hydrogen) atoms. The summed E-state index contributed by atoms with van der Waals surface area (Å²) in [5, 5.41) is 3.48. The van der Waals surface area contributed by atoms with E-state index >= 15 is 0 Å². The van der Waals surface area contributed by atoms with Gasteiger partial charge in [-0.3, -0.25) is 0 Å². The average molecular weight is 279 g/mol. The van der Waals surface area contributed by atoms with Gasteiger partial charge in [-0.1, -0.05) is 23.9 Å². The van der Waals surface area contributed by atoms with E-state index < -0.39 is 0 Å². The number of aromatic nitrogens is 2. The van der Waals surface area contributed by atoms with Crippen molar-refractivity contribution in [3.8, 4) is 0 Å². The fourth-order valence-corrected chi connectivity index (χ4v) is 2.77. The Kier molecular flexibility index (Phi) is 4.37. The third-order valence-corrected chi connectivity index (χ3v) is 4.02. The Bertz CT molecular complexity index is 472. The summed E-state index contributed by atoms with van der Waals surface area (Å²) in [4.78, 5) is 5.36. The van der Waals surface area contributed by atoms with Crippen molar-refractivity contribution in [3.63, 3.8) is 0 Å². The molecule has 0 aliphatic carbocycles. The van der Waals surface area contributed by atoms with Gasteiger partial charge in [-0.2, -0.15) is 4.37 Å². The molecule has 2 aromatic rings. The summed E-state index contributed by atoms with van der Waals surface area (Å²) in [6.45, 7) is 7.42. The molecule has 0 spiro atoms. The highest BCUT2D eigenvalue weighted by Crippen LogP contribution is 2.28. The summed E-state index contributed by atoms with van der Waals surface area (Å²) >= 11 is 3.08. The SMILES string of the molecule is CC(C)(C)NCc1ccc(Sc2ncns2)cc1. The van der Waals surface area contributed by atoms with Crippen molar-refractivity contribution >= 4 is 23.3 Å². The second-order valence-electron chi connectivity index (χ2n) is 5.06. The molecular formula is C13H17N3S2. The maximum atomic E-state index is 4.16. The first-order valence-corrected chi connectivity index (χ1v) is 7.40. The van der Waals surface area contributed by atoms with Crippen molar-refractivity contribution in [1.29, 1.82) is 0 Å². The minimum Gasteiger partial charge on any atom is -0.308 e. The fraction of sp³-hybridized carbons (Fsp3) is 0.385. The van der Waals surface area contributed by atoms with Crippen LogP contribution in [-0.2, 0) is 6.54 Å². The molecule has 0 saturated heterocycles. The van der Waals surface area contributed by atoms with Crippen LogP contribution in [0.5, 0.6) is 0 Å². The van der Waals surface area contributed by atoms with Crippen LogP contribution in [0, 0.1) is 0 Å². The topological polar surface area (TPSA) is 37.8 Å². The minimum atomic E-state index is 0.153. The standard InChI is InChI=1S/C13H17N3S2/c1-13(2,3)15-8-10-4-6-11(7-5-10)17-12-14-9-16-18-12/h4-7,9,15H,8H2,1-3H3. The number of hydrogen-bond acceptors (Lipinski definition) is 5. The van der Waals surface area contributed by atoms with Gasteiger partial charge in [-0.05, 0) is 50.0 Å². The van der Waals surface area contributed by atoms with E-state index in [-0.39, 0.29) is 5.54 Å². The fourth-order valence-electron chi connectivity index (χ4n) is 1.35. The summed E-state index contributed by atoms with van der Waals surface area (Å²) in [5.74, 6) is 0. The van der Waals surface area contributed by atoms with E-state index in [0.717, 1.165) is 10.9 Å². The van der Waals surface area contributed by atoms with Gasteiger partial charge in [-0.15, -0.1) is 0 Å². The van der Waals surface area contributed by atoms with Crippen LogP contribution in [0.25, 0.3) is 0 Å². The predicted octanol–water partition coefficient (Wildman–Crippen LogP) is 3.58. The van der Waals surface area contributed by atoms with Gasteiger partial charge in [0.25, 0.3) is 0 Å².